The van der Waals surface area contributed by atoms with Crippen molar-refractivity contribution < 1.29 is 10.2 Å². The first-order valence-electron chi connectivity index (χ1n) is 8.12. The zero-order valence-corrected chi connectivity index (χ0v) is 13.4. The number of phenols is 2. The van der Waals surface area contributed by atoms with E-state index in [2.05, 4.69) is 5.43 Å². The Morgan fingerprint density at radius 3 is 1.71 bits per heavy atom. The van der Waals surface area contributed by atoms with Gasteiger partial charge in [0.2, 0.25) is 0 Å². The molecule has 0 amide bonds. The normalized spacial score (nSPS) is 21.3. The van der Waals surface area contributed by atoms with Crippen molar-refractivity contribution in [3.05, 3.63) is 70.8 Å². The van der Waals surface area contributed by atoms with Crippen LogP contribution < -0.4 is 11.3 Å². The van der Waals surface area contributed by atoms with E-state index in [0.29, 0.717) is 0 Å². The summed E-state index contributed by atoms with van der Waals surface area (Å²) in [6, 6.07) is 14.4. The number of hydrogen-bond donors (Lipinski definition) is 4. The largest absolute Gasteiger partial charge is 0.507 e. The molecule has 0 bridgehead atoms. The number of benzene rings is 2. The molecule has 0 unspecified atom stereocenters. The first kappa shape index (κ1) is 16.3. The van der Waals surface area contributed by atoms with Crippen molar-refractivity contribution in [2.24, 2.45) is 5.84 Å². The number of hydrogen-bond acceptors (Lipinski definition) is 4. The van der Waals surface area contributed by atoms with Crippen molar-refractivity contribution in [3.63, 3.8) is 0 Å². The number of nitrogens with two attached hydrogens (primary N) is 1. The van der Waals surface area contributed by atoms with E-state index in [9.17, 15) is 10.2 Å². The molecule has 1 aliphatic rings. The Labute approximate surface area is 141 Å². The van der Waals surface area contributed by atoms with Crippen molar-refractivity contribution in [3.8, 4) is 11.5 Å². The van der Waals surface area contributed by atoms with Crippen molar-refractivity contribution in [1.29, 1.82) is 0 Å². The van der Waals surface area contributed by atoms with Gasteiger partial charge in [-0.2, -0.15) is 0 Å². The van der Waals surface area contributed by atoms with Gasteiger partial charge in [-0.15, -0.1) is 0 Å². The summed E-state index contributed by atoms with van der Waals surface area (Å²) >= 11 is 0. The maximum absolute atomic E-state index is 9.99. The molecule has 1 aliphatic carbocycles. The highest BCUT2D eigenvalue weighted by Gasteiger charge is 2.23. The first-order chi connectivity index (χ1) is 11.7. The summed E-state index contributed by atoms with van der Waals surface area (Å²) < 4.78 is 0. The molecule has 0 saturated heterocycles. The predicted octanol–water partition coefficient (Wildman–Crippen LogP) is 3.58. The highest BCUT2D eigenvalue weighted by molar-refractivity contribution is 5.65. The topological polar surface area (TPSA) is 78.5 Å². The molecule has 1 fully saturated rings. The van der Waals surface area contributed by atoms with Gasteiger partial charge in [0.05, 0.1) is 6.04 Å². The molecule has 0 aromatic heterocycles. The van der Waals surface area contributed by atoms with Crippen molar-refractivity contribution in [1.82, 2.24) is 5.43 Å². The molecule has 2 aromatic carbocycles. The van der Waals surface area contributed by atoms with Gasteiger partial charge in [0, 0.05) is 11.1 Å². The third-order valence-electron chi connectivity index (χ3n) is 4.39. The summed E-state index contributed by atoms with van der Waals surface area (Å²) in [5, 5.41) is 20.0. The molecule has 4 heteroatoms. The summed E-state index contributed by atoms with van der Waals surface area (Å²) in [4.78, 5) is 0. The van der Waals surface area contributed by atoms with Gasteiger partial charge in [-0.05, 0) is 42.5 Å². The van der Waals surface area contributed by atoms with Crippen LogP contribution in [0, 0.1) is 0 Å². The molecule has 2 aromatic rings. The molecule has 124 valence electrons. The van der Waals surface area contributed by atoms with Gasteiger partial charge in [0.15, 0.2) is 0 Å². The molecule has 1 saturated carbocycles. The molecule has 0 heterocycles. The van der Waals surface area contributed by atoms with Gasteiger partial charge >= 0.3 is 0 Å². The zero-order chi connectivity index (χ0) is 16.9. The highest BCUT2D eigenvalue weighted by Crippen LogP contribution is 2.33. The van der Waals surface area contributed by atoms with E-state index in [4.69, 9.17) is 5.84 Å². The standard InChI is InChI=1S/C20H22N2O2/c21-22-20-16(12-14-6-1-3-10-18(14)23)8-5-9-17(20)13-15-7-2-4-11-19(15)24/h1-4,6-7,10-13,20,22-24H,5,8-9,21H2. The van der Waals surface area contributed by atoms with Crippen LogP contribution in [0.3, 0.4) is 0 Å². The van der Waals surface area contributed by atoms with Crippen LogP contribution in [0.4, 0.5) is 0 Å². The minimum atomic E-state index is -0.0991. The van der Waals surface area contributed by atoms with Crippen LogP contribution in [0.1, 0.15) is 30.4 Å². The second-order valence-electron chi connectivity index (χ2n) is 6.01. The Kier molecular flexibility index (Phi) is 4.99. The lowest BCUT2D eigenvalue weighted by atomic mass is 9.83. The van der Waals surface area contributed by atoms with E-state index >= 15 is 0 Å². The summed E-state index contributed by atoms with van der Waals surface area (Å²) in [5.41, 5.74) is 6.72. The number of para-hydroxylation sites is 2. The highest BCUT2D eigenvalue weighted by atomic mass is 16.3. The first-order valence-corrected chi connectivity index (χ1v) is 8.12. The van der Waals surface area contributed by atoms with Crippen LogP contribution in [0.25, 0.3) is 12.2 Å². The fourth-order valence-corrected chi connectivity index (χ4v) is 3.17. The summed E-state index contributed by atoms with van der Waals surface area (Å²) in [6.07, 6.45) is 6.84. The monoisotopic (exact) mass is 322 g/mol. The van der Waals surface area contributed by atoms with Crippen LogP contribution in [-0.2, 0) is 0 Å². The molecular formula is C20H22N2O2. The lowest BCUT2D eigenvalue weighted by molar-refractivity contribution is 0.473. The Balaban J connectivity index is 1.96. The van der Waals surface area contributed by atoms with Gasteiger partial charge in [-0.1, -0.05) is 48.6 Å². The third kappa shape index (κ3) is 3.50. The number of aromatic hydroxyl groups is 2. The Bertz CT molecular complexity index is 717. The minimum Gasteiger partial charge on any atom is -0.507 e. The molecule has 0 spiro atoms. The van der Waals surface area contributed by atoms with Crippen LogP contribution in [0.2, 0.25) is 0 Å². The third-order valence-corrected chi connectivity index (χ3v) is 4.39. The zero-order valence-electron chi connectivity index (χ0n) is 13.4. The predicted molar refractivity (Wildman–Crippen MR) is 97.1 cm³/mol. The van der Waals surface area contributed by atoms with Crippen LogP contribution in [-0.4, -0.2) is 16.3 Å². The lowest BCUT2D eigenvalue weighted by Gasteiger charge is -2.28. The average Bonchev–Trinajstić information content (AvgIpc) is 2.59. The minimum absolute atomic E-state index is 0.0991. The molecule has 3 rings (SSSR count). The van der Waals surface area contributed by atoms with E-state index in [0.717, 1.165) is 41.5 Å². The maximum Gasteiger partial charge on any atom is 0.122 e. The van der Waals surface area contributed by atoms with Gasteiger partial charge in [0.1, 0.15) is 11.5 Å². The molecule has 5 N–H and O–H groups in total. The second kappa shape index (κ2) is 7.34. The van der Waals surface area contributed by atoms with Crippen LogP contribution >= 0.6 is 0 Å². The second-order valence-corrected chi connectivity index (χ2v) is 6.01. The summed E-state index contributed by atoms with van der Waals surface area (Å²) in [5.74, 6) is 6.33. The van der Waals surface area contributed by atoms with E-state index in [1.165, 1.54) is 0 Å². The van der Waals surface area contributed by atoms with Gasteiger partial charge in [-0.3, -0.25) is 5.84 Å². The number of rotatable bonds is 3. The summed E-state index contributed by atoms with van der Waals surface area (Å²) in [6.45, 7) is 0. The Morgan fingerprint density at radius 1 is 0.833 bits per heavy atom. The summed E-state index contributed by atoms with van der Waals surface area (Å²) in [7, 11) is 0. The molecule has 0 atom stereocenters. The average molecular weight is 322 g/mol. The molecular weight excluding hydrogens is 300 g/mol. The lowest BCUT2D eigenvalue weighted by Crippen LogP contribution is -2.39. The van der Waals surface area contributed by atoms with Crippen molar-refractivity contribution in [2.75, 3.05) is 0 Å². The molecule has 0 aliphatic heterocycles. The van der Waals surface area contributed by atoms with Crippen molar-refractivity contribution in [2.45, 2.75) is 25.3 Å². The maximum atomic E-state index is 9.99. The Hall–Kier alpha value is -2.56. The van der Waals surface area contributed by atoms with E-state index in [-0.39, 0.29) is 17.5 Å². The fraction of sp³-hybridized carbons (Fsp3) is 0.200. The van der Waals surface area contributed by atoms with E-state index in [1.807, 2.05) is 36.4 Å². The SMILES string of the molecule is NNC1C(=Cc2ccccc2O)CCCC1=Cc1ccccc1O. The van der Waals surface area contributed by atoms with Gasteiger partial charge in [-0.25, -0.2) is 5.43 Å². The van der Waals surface area contributed by atoms with Crippen molar-refractivity contribution >= 4 is 12.2 Å². The van der Waals surface area contributed by atoms with Gasteiger partial charge < -0.3 is 10.2 Å². The molecule has 4 nitrogen and oxygen atoms in total. The number of hydrazine groups is 1. The molecule has 0 radical (unpaired) electrons. The van der Waals surface area contributed by atoms with Crippen LogP contribution in [0.15, 0.2) is 59.7 Å². The van der Waals surface area contributed by atoms with Gasteiger partial charge in [0.25, 0.3) is 0 Å². The van der Waals surface area contributed by atoms with E-state index in [1.54, 1.807) is 24.3 Å². The fourth-order valence-electron chi connectivity index (χ4n) is 3.17. The number of phenolic OH excluding ortho intramolecular Hbond substituents is 2. The number of nitrogens with one attached hydrogen (secondary N) is 1. The van der Waals surface area contributed by atoms with Crippen LogP contribution in [0.5, 0.6) is 11.5 Å². The quantitative estimate of drug-likeness (QED) is 0.514. The Morgan fingerprint density at radius 2 is 1.29 bits per heavy atom. The smallest absolute Gasteiger partial charge is 0.122 e. The molecule has 24 heavy (non-hydrogen) atoms. The van der Waals surface area contributed by atoms with E-state index < -0.39 is 0 Å².